The summed E-state index contributed by atoms with van der Waals surface area (Å²) in [6.45, 7) is 3.56. The molecule has 0 amide bonds. The van der Waals surface area contributed by atoms with Crippen LogP contribution in [0.1, 0.15) is 18.3 Å². The fourth-order valence-electron chi connectivity index (χ4n) is 2.50. The van der Waals surface area contributed by atoms with Crippen molar-refractivity contribution in [3.63, 3.8) is 0 Å². The molecule has 1 aromatic heterocycles. The average molecular weight is 374 g/mol. The van der Waals surface area contributed by atoms with Gasteiger partial charge < -0.3 is 9.30 Å². The van der Waals surface area contributed by atoms with Crippen LogP contribution in [0.2, 0.25) is 5.02 Å². The fraction of sp³-hybridized carbons (Fsp3) is 0.263. The van der Waals surface area contributed by atoms with Crippen molar-refractivity contribution < 1.29 is 4.74 Å². The standard InChI is InChI=1S/C19H20ClN3OS/c1-2-23-18(13-15-7-4-3-5-8-15)21-22-19(23)25-12-11-24-17-10-6-9-16(20)14-17/h3-10,14H,2,11-13H2,1H3. The van der Waals surface area contributed by atoms with Crippen molar-refractivity contribution in [2.45, 2.75) is 25.0 Å². The van der Waals surface area contributed by atoms with Gasteiger partial charge in [-0.05, 0) is 30.7 Å². The molecule has 0 atom stereocenters. The summed E-state index contributed by atoms with van der Waals surface area (Å²) in [5.74, 6) is 2.58. The first-order chi connectivity index (χ1) is 12.3. The molecule has 0 unspecified atom stereocenters. The third kappa shape index (κ3) is 5.00. The Hall–Kier alpha value is -1.98. The van der Waals surface area contributed by atoms with E-state index in [1.165, 1.54) is 5.56 Å². The van der Waals surface area contributed by atoms with Crippen LogP contribution in [0.15, 0.2) is 59.8 Å². The molecule has 0 saturated heterocycles. The van der Waals surface area contributed by atoms with E-state index in [1.54, 1.807) is 11.8 Å². The van der Waals surface area contributed by atoms with Gasteiger partial charge in [0.15, 0.2) is 5.16 Å². The molecule has 1 heterocycles. The van der Waals surface area contributed by atoms with Crippen LogP contribution in [0.3, 0.4) is 0 Å². The predicted octanol–water partition coefficient (Wildman–Crippen LogP) is 4.71. The van der Waals surface area contributed by atoms with Gasteiger partial charge in [-0.2, -0.15) is 0 Å². The number of ether oxygens (including phenoxy) is 1. The number of nitrogens with zero attached hydrogens (tertiary/aromatic N) is 3. The highest BCUT2D eigenvalue weighted by Crippen LogP contribution is 2.20. The van der Waals surface area contributed by atoms with E-state index in [1.807, 2.05) is 42.5 Å². The van der Waals surface area contributed by atoms with Crippen molar-refractivity contribution in [2.75, 3.05) is 12.4 Å². The zero-order valence-corrected chi connectivity index (χ0v) is 15.6. The maximum atomic E-state index is 5.96. The number of rotatable bonds is 8. The summed E-state index contributed by atoms with van der Waals surface area (Å²) < 4.78 is 7.89. The molecule has 3 rings (SSSR count). The molecule has 25 heavy (non-hydrogen) atoms. The van der Waals surface area contributed by atoms with Crippen LogP contribution in [0.25, 0.3) is 0 Å². The van der Waals surface area contributed by atoms with Crippen molar-refractivity contribution >= 4 is 23.4 Å². The smallest absolute Gasteiger partial charge is 0.191 e. The van der Waals surface area contributed by atoms with Crippen molar-refractivity contribution in [1.29, 1.82) is 0 Å². The van der Waals surface area contributed by atoms with E-state index < -0.39 is 0 Å². The number of thioether (sulfide) groups is 1. The van der Waals surface area contributed by atoms with Gasteiger partial charge in [0.2, 0.25) is 0 Å². The fourth-order valence-corrected chi connectivity index (χ4v) is 3.52. The van der Waals surface area contributed by atoms with Crippen LogP contribution in [0, 0.1) is 0 Å². The second-order valence-electron chi connectivity index (χ2n) is 5.46. The molecule has 0 bridgehead atoms. The Balaban J connectivity index is 1.55. The van der Waals surface area contributed by atoms with Gasteiger partial charge in [0.1, 0.15) is 11.6 Å². The van der Waals surface area contributed by atoms with E-state index in [4.69, 9.17) is 16.3 Å². The quantitative estimate of drug-likeness (QED) is 0.423. The molecule has 4 nitrogen and oxygen atoms in total. The van der Waals surface area contributed by atoms with Gasteiger partial charge in [0.25, 0.3) is 0 Å². The van der Waals surface area contributed by atoms with Crippen LogP contribution in [0.4, 0.5) is 0 Å². The summed E-state index contributed by atoms with van der Waals surface area (Å²) in [6, 6.07) is 17.8. The largest absolute Gasteiger partial charge is 0.493 e. The van der Waals surface area contributed by atoms with Gasteiger partial charge in [0, 0.05) is 23.7 Å². The van der Waals surface area contributed by atoms with Crippen LogP contribution in [-0.4, -0.2) is 27.1 Å². The molecule has 0 aliphatic heterocycles. The third-order valence-electron chi connectivity index (χ3n) is 3.69. The molecular weight excluding hydrogens is 354 g/mol. The van der Waals surface area contributed by atoms with E-state index in [0.717, 1.165) is 35.4 Å². The summed E-state index contributed by atoms with van der Waals surface area (Å²) in [5.41, 5.74) is 1.24. The summed E-state index contributed by atoms with van der Waals surface area (Å²) in [5, 5.41) is 10.3. The highest BCUT2D eigenvalue weighted by Gasteiger charge is 2.11. The van der Waals surface area contributed by atoms with E-state index in [2.05, 4.69) is 33.8 Å². The molecule has 0 radical (unpaired) electrons. The van der Waals surface area contributed by atoms with Gasteiger partial charge in [-0.3, -0.25) is 0 Å². The Morgan fingerprint density at radius 3 is 2.68 bits per heavy atom. The number of aromatic nitrogens is 3. The van der Waals surface area contributed by atoms with Crippen LogP contribution < -0.4 is 4.74 Å². The Labute approximate surface area is 157 Å². The number of halogens is 1. The van der Waals surface area contributed by atoms with Crippen molar-refractivity contribution in [2.24, 2.45) is 0 Å². The van der Waals surface area contributed by atoms with Gasteiger partial charge in [-0.15, -0.1) is 10.2 Å². The van der Waals surface area contributed by atoms with E-state index >= 15 is 0 Å². The molecule has 0 aliphatic rings. The lowest BCUT2D eigenvalue weighted by molar-refractivity contribution is 0.344. The first-order valence-corrected chi connectivity index (χ1v) is 9.60. The second-order valence-corrected chi connectivity index (χ2v) is 6.96. The lowest BCUT2D eigenvalue weighted by Crippen LogP contribution is -2.06. The molecule has 0 spiro atoms. The molecule has 3 aromatic rings. The number of benzene rings is 2. The highest BCUT2D eigenvalue weighted by molar-refractivity contribution is 7.99. The first kappa shape index (κ1) is 17.8. The zero-order valence-electron chi connectivity index (χ0n) is 14.1. The predicted molar refractivity (Wildman–Crippen MR) is 103 cm³/mol. The lowest BCUT2D eigenvalue weighted by atomic mass is 10.1. The molecule has 6 heteroatoms. The van der Waals surface area contributed by atoms with Gasteiger partial charge in [0.05, 0.1) is 6.61 Å². The number of hydrogen-bond acceptors (Lipinski definition) is 4. The van der Waals surface area contributed by atoms with Crippen LogP contribution in [-0.2, 0) is 13.0 Å². The highest BCUT2D eigenvalue weighted by atomic mass is 35.5. The third-order valence-corrected chi connectivity index (χ3v) is 4.86. The minimum atomic E-state index is 0.593. The molecule has 0 aliphatic carbocycles. The topological polar surface area (TPSA) is 39.9 Å². The minimum absolute atomic E-state index is 0.593. The summed E-state index contributed by atoms with van der Waals surface area (Å²) in [4.78, 5) is 0. The first-order valence-electron chi connectivity index (χ1n) is 8.23. The maximum Gasteiger partial charge on any atom is 0.191 e. The molecule has 2 aromatic carbocycles. The molecular formula is C19H20ClN3OS. The van der Waals surface area contributed by atoms with Crippen LogP contribution >= 0.6 is 23.4 Å². The Morgan fingerprint density at radius 1 is 1.08 bits per heavy atom. The van der Waals surface area contributed by atoms with Crippen molar-refractivity contribution in [3.05, 3.63) is 71.0 Å². The second kappa shape index (κ2) is 8.92. The van der Waals surface area contributed by atoms with E-state index in [9.17, 15) is 0 Å². The molecule has 0 N–H and O–H groups in total. The van der Waals surface area contributed by atoms with Gasteiger partial charge in [-0.25, -0.2) is 0 Å². The average Bonchev–Trinajstić information content (AvgIpc) is 3.01. The molecule has 0 saturated carbocycles. The van der Waals surface area contributed by atoms with E-state index in [0.29, 0.717) is 11.6 Å². The summed E-state index contributed by atoms with van der Waals surface area (Å²) in [7, 11) is 0. The Bertz CT molecular complexity index is 807. The minimum Gasteiger partial charge on any atom is -0.493 e. The summed E-state index contributed by atoms with van der Waals surface area (Å²) >= 11 is 7.61. The maximum absolute atomic E-state index is 5.96. The number of hydrogen-bond donors (Lipinski definition) is 0. The lowest BCUT2D eigenvalue weighted by Gasteiger charge is -2.08. The van der Waals surface area contributed by atoms with E-state index in [-0.39, 0.29) is 0 Å². The SMILES string of the molecule is CCn1c(Cc2ccccc2)nnc1SCCOc1cccc(Cl)c1. The van der Waals surface area contributed by atoms with Crippen LogP contribution in [0.5, 0.6) is 5.75 Å². The van der Waals surface area contributed by atoms with Crippen molar-refractivity contribution in [3.8, 4) is 5.75 Å². The summed E-state index contributed by atoms with van der Waals surface area (Å²) in [6.07, 6.45) is 0.793. The van der Waals surface area contributed by atoms with Gasteiger partial charge in [-0.1, -0.05) is 59.8 Å². The Kier molecular flexibility index (Phi) is 6.36. The molecule has 0 fully saturated rings. The normalized spacial score (nSPS) is 10.8. The monoisotopic (exact) mass is 373 g/mol. The Morgan fingerprint density at radius 2 is 1.92 bits per heavy atom. The molecule has 130 valence electrons. The van der Waals surface area contributed by atoms with Gasteiger partial charge >= 0.3 is 0 Å². The van der Waals surface area contributed by atoms with Crippen molar-refractivity contribution in [1.82, 2.24) is 14.8 Å². The zero-order chi connectivity index (χ0) is 17.5.